The van der Waals surface area contributed by atoms with Crippen LogP contribution in [0.15, 0.2) is 48.5 Å². The van der Waals surface area contributed by atoms with Crippen LogP contribution in [0.2, 0.25) is 0 Å². The molecule has 1 amide bonds. The van der Waals surface area contributed by atoms with Crippen molar-refractivity contribution in [2.45, 2.75) is 19.4 Å². The van der Waals surface area contributed by atoms with E-state index in [1.165, 1.54) is 0 Å². The molecule has 1 N–H and O–H groups in total. The van der Waals surface area contributed by atoms with Crippen LogP contribution in [-0.2, 0) is 4.79 Å². The Morgan fingerprint density at radius 3 is 2.38 bits per heavy atom. The van der Waals surface area contributed by atoms with Crippen LogP contribution >= 0.6 is 0 Å². The summed E-state index contributed by atoms with van der Waals surface area (Å²) in [5, 5.41) is 2.98. The first-order chi connectivity index (χ1) is 11.7. The number of para-hydroxylation sites is 1. The average molecular weight is 329 g/mol. The maximum Gasteiger partial charge on any atom is 0.258 e. The Hall–Kier alpha value is -2.69. The molecule has 5 heteroatoms. The van der Waals surface area contributed by atoms with Crippen molar-refractivity contribution in [3.05, 3.63) is 54.1 Å². The van der Waals surface area contributed by atoms with E-state index in [9.17, 15) is 4.79 Å². The highest BCUT2D eigenvalue weighted by Gasteiger charge is 2.15. The van der Waals surface area contributed by atoms with Gasteiger partial charge in [-0.05, 0) is 36.2 Å². The summed E-state index contributed by atoms with van der Waals surface area (Å²) in [4.78, 5) is 12.1. The van der Waals surface area contributed by atoms with Crippen LogP contribution in [0.1, 0.15) is 24.9 Å². The second-order valence-corrected chi connectivity index (χ2v) is 5.24. The minimum absolute atomic E-state index is 0.0200. The summed E-state index contributed by atoms with van der Waals surface area (Å²) in [7, 11) is 3.19. The van der Waals surface area contributed by atoms with E-state index < -0.39 is 0 Å². The van der Waals surface area contributed by atoms with Gasteiger partial charge >= 0.3 is 0 Å². The Balaban J connectivity index is 1.99. The highest BCUT2D eigenvalue weighted by molar-refractivity contribution is 5.78. The molecular weight excluding hydrogens is 306 g/mol. The number of methoxy groups -OCH3 is 2. The molecule has 1 unspecified atom stereocenters. The van der Waals surface area contributed by atoms with Crippen molar-refractivity contribution < 1.29 is 19.0 Å². The number of benzene rings is 2. The molecule has 0 aliphatic heterocycles. The van der Waals surface area contributed by atoms with E-state index in [2.05, 4.69) is 5.32 Å². The van der Waals surface area contributed by atoms with Crippen molar-refractivity contribution in [3.63, 3.8) is 0 Å². The van der Waals surface area contributed by atoms with Crippen molar-refractivity contribution >= 4 is 5.91 Å². The minimum Gasteiger partial charge on any atom is -0.493 e. The summed E-state index contributed by atoms with van der Waals surface area (Å²) in [6, 6.07) is 14.8. The van der Waals surface area contributed by atoms with E-state index in [-0.39, 0.29) is 18.6 Å². The molecule has 0 radical (unpaired) electrons. The summed E-state index contributed by atoms with van der Waals surface area (Å²) >= 11 is 0. The topological polar surface area (TPSA) is 56.8 Å². The lowest BCUT2D eigenvalue weighted by molar-refractivity contribution is -0.123. The Labute approximate surface area is 142 Å². The summed E-state index contributed by atoms with van der Waals surface area (Å²) in [6.45, 7) is 1.99. The maximum atomic E-state index is 12.1. The molecule has 0 saturated heterocycles. The van der Waals surface area contributed by atoms with Gasteiger partial charge in [0.25, 0.3) is 5.91 Å². The summed E-state index contributed by atoms with van der Waals surface area (Å²) < 4.78 is 16.0. The first kappa shape index (κ1) is 17.7. The molecule has 5 nitrogen and oxygen atoms in total. The van der Waals surface area contributed by atoms with Crippen molar-refractivity contribution in [2.24, 2.45) is 0 Å². The summed E-state index contributed by atoms with van der Waals surface area (Å²) in [6.07, 6.45) is 0.757. The number of carbonyl (C=O) groups is 1. The van der Waals surface area contributed by atoms with E-state index in [0.717, 1.165) is 12.0 Å². The lowest BCUT2D eigenvalue weighted by Crippen LogP contribution is -2.32. The van der Waals surface area contributed by atoms with Crippen LogP contribution in [0.3, 0.4) is 0 Å². The van der Waals surface area contributed by atoms with Gasteiger partial charge in [-0.25, -0.2) is 0 Å². The van der Waals surface area contributed by atoms with E-state index in [4.69, 9.17) is 14.2 Å². The summed E-state index contributed by atoms with van der Waals surface area (Å²) in [5.41, 5.74) is 0.961. The van der Waals surface area contributed by atoms with Crippen LogP contribution in [0.4, 0.5) is 0 Å². The monoisotopic (exact) mass is 329 g/mol. The van der Waals surface area contributed by atoms with Crippen LogP contribution < -0.4 is 19.5 Å². The molecule has 2 rings (SSSR count). The highest BCUT2D eigenvalue weighted by Crippen LogP contribution is 2.30. The predicted molar refractivity (Wildman–Crippen MR) is 92.7 cm³/mol. The van der Waals surface area contributed by atoms with Crippen LogP contribution in [0, 0.1) is 0 Å². The molecule has 0 saturated carbocycles. The van der Waals surface area contributed by atoms with Gasteiger partial charge in [-0.1, -0.05) is 31.2 Å². The second kappa shape index (κ2) is 8.82. The van der Waals surface area contributed by atoms with Crippen LogP contribution in [-0.4, -0.2) is 26.7 Å². The van der Waals surface area contributed by atoms with Gasteiger partial charge in [0, 0.05) is 0 Å². The SMILES string of the molecule is CCC(NC(=O)COc1ccccc1)c1ccc(OC)c(OC)c1. The van der Waals surface area contributed by atoms with Gasteiger partial charge in [0.15, 0.2) is 18.1 Å². The molecule has 24 heavy (non-hydrogen) atoms. The molecule has 0 heterocycles. The lowest BCUT2D eigenvalue weighted by Gasteiger charge is -2.19. The van der Waals surface area contributed by atoms with Crippen molar-refractivity contribution in [2.75, 3.05) is 20.8 Å². The zero-order valence-electron chi connectivity index (χ0n) is 14.2. The quantitative estimate of drug-likeness (QED) is 0.807. The number of nitrogens with one attached hydrogen (secondary N) is 1. The number of hydrogen-bond donors (Lipinski definition) is 1. The molecule has 2 aromatic carbocycles. The molecule has 1 atom stereocenters. The zero-order valence-corrected chi connectivity index (χ0v) is 14.2. The largest absolute Gasteiger partial charge is 0.493 e. The van der Waals surface area contributed by atoms with Crippen LogP contribution in [0.5, 0.6) is 17.2 Å². The molecule has 128 valence electrons. The van der Waals surface area contributed by atoms with E-state index in [0.29, 0.717) is 17.2 Å². The van der Waals surface area contributed by atoms with Gasteiger partial charge in [-0.3, -0.25) is 4.79 Å². The predicted octanol–water partition coefficient (Wildman–Crippen LogP) is 3.35. The average Bonchev–Trinajstić information content (AvgIpc) is 2.64. The Morgan fingerprint density at radius 1 is 1.04 bits per heavy atom. The third kappa shape index (κ3) is 4.65. The smallest absolute Gasteiger partial charge is 0.258 e. The third-order valence-corrected chi connectivity index (χ3v) is 3.67. The van der Waals surface area contributed by atoms with Gasteiger partial charge in [0.1, 0.15) is 5.75 Å². The summed E-state index contributed by atoms with van der Waals surface area (Å²) in [5.74, 6) is 1.81. The molecule has 0 aromatic heterocycles. The van der Waals surface area contributed by atoms with Gasteiger partial charge < -0.3 is 19.5 Å². The van der Waals surface area contributed by atoms with E-state index in [1.807, 2.05) is 55.5 Å². The third-order valence-electron chi connectivity index (χ3n) is 3.67. The molecule has 0 fully saturated rings. The molecular formula is C19H23NO4. The fraction of sp³-hybridized carbons (Fsp3) is 0.316. The highest BCUT2D eigenvalue weighted by atomic mass is 16.5. The standard InChI is InChI=1S/C19H23NO4/c1-4-16(14-10-11-17(22-2)18(12-14)23-3)20-19(21)13-24-15-8-6-5-7-9-15/h5-12,16H,4,13H2,1-3H3,(H,20,21). The molecule has 0 spiro atoms. The van der Waals surface area contributed by atoms with E-state index >= 15 is 0 Å². The zero-order chi connectivity index (χ0) is 17.4. The number of hydrogen-bond acceptors (Lipinski definition) is 4. The van der Waals surface area contributed by atoms with Gasteiger partial charge in [-0.2, -0.15) is 0 Å². The van der Waals surface area contributed by atoms with Crippen molar-refractivity contribution in [3.8, 4) is 17.2 Å². The number of rotatable bonds is 8. The van der Waals surface area contributed by atoms with Gasteiger partial charge in [-0.15, -0.1) is 0 Å². The van der Waals surface area contributed by atoms with Crippen LogP contribution in [0.25, 0.3) is 0 Å². The van der Waals surface area contributed by atoms with Gasteiger partial charge in [0.05, 0.1) is 20.3 Å². The first-order valence-corrected chi connectivity index (χ1v) is 7.87. The number of ether oxygens (including phenoxy) is 3. The Kier molecular flexibility index (Phi) is 6.49. The maximum absolute atomic E-state index is 12.1. The minimum atomic E-state index is -0.166. The second-order valence-electron chi connectivity index (χ2n) is 5.24. The number of amides is 1. The van der Waals surface area contributed by atoms with Gasteiger partial charge in [0.2, 0.25) is 0 Å². The molecule has 2 aromatic rings. The Bertz CT molecular complexity index is 658. The first-order valence-electron chi connectivity index (χ1n) is 7.87. The Morgan fingerprint density at radius 2 is 1.75 bits per heavy atom. The van der Waals surface area contributed by atoms with Crippen molar-refractivity contribution in [1.29, 1.82) is 0 Å². The molecule has 0 aliphatic carbocycles. The molecule has 0 bridgehead atoms. The fourth-order valence-electron chi connectivity index (χ4n) is 2.39. The number of carbonyl (C=O) groups excluding carboxylic acids is 1. The van der Waals surface area contributed by atoms with Crippen molar-refractivity contribution in [1.82, 2.24) is 5.32 Å². The molecule has 0 aliphatic rings. The van der Waals surface area contributed by atoms with E-state index in [1.54, 1.807) is 14.2 Å². The lowest BCUT2D eigenvalue weighted by atomic mass is 10.0. The fourth-order valence-corrected chi connectivity index (χ4v) is 2.39. The normalized spacial score (nSPS) is 11.5.